The molecule has 3 nitrogen and oxygen atoms in total. The smallest absolute Gasteiger partial charge is 0.125 e. The van der Waals surface area contributed by atoms with E-state index in [9.17, 15) is 0 Å². The molecule has 0 saturated carbocycles. The summed E-state index contributed by atoms with van der Waals surface area (Å²) in [5, 5.41) is 7.04. The first-order valence-corrected chi connectivity index (χ1v) is 7.99. The van der Waals surface area contributed by atoms with Gasteiger partial charge in [-0.15, -0.1) is 11.3 Å². The highest BCUT2D eigenvalue weighted by molar-refractivity contribution is 7.13. The first-order chi connectivity index (χ1) is 9.70. The lowest BCUT2D eigenvalue weighted by molar-refractivity contribution is 0.318. The largest absolute Gasteiger partial charge is 0.320 e. The molecular weight excluding hydrogens is 290 g/mol. The van der Waals surface area contributed by atoms with Crippen LogP contribution in [0.15, 0.2) is 29.6 Å². The number of hydrogen-bond donors (Lipinski definition) is 1. The highest BCUT2D eigenvalue weighted by atomic mass is 35.5. The summed E-state index contributed by atoms with van der Waals surface area (Å²) in [6.07, 6.45) is 1.15. The highest BCUT2D eigenvalue weighted by Crippen LogP contribution is 2.30. The molecule has 0 saturated heterocycles. The Morgan fingerprint density at radius 3 is 2.90 bits per heavy atom. The van der Waals surface area contributed by atoms with Gasteiger partial charge in [0, 0.05) is 17.5 Å². The summed E-state index contributed by atoms with van der Waals surface area (Å²) in [7, 11) is 4.11. The molecule has 0 aliphatic heterocycles. The van der Waals surface area contributed by atoms with Gasteiger partial charge in [0.15, 0.2) is 0 Å². The maximum Gasteiger partial charge on any atom is 0.125 e. The van der Waals surface area contributed by atoms with Crippen molar-refractivity contribution in [2.75, 3.05) is 27.2 Å². The van der Waals surface area contributed by atoms with E-state index in [4.69, 9.17) is 11.6 Å². The number of halogens is 1. The van der Waals surface area contributed by atoms with E-state index in [1.165, 1.54) is 0 Å². The van der Waals surface area contributed by atoms with E-state index in [2.05, 4.69) is 27.6 Å². The van der Waals surface area contributed by atoms with E-state index in [1.54, 1.807) is 11.3 Å². The van der Waals surface area contributed by atoms with Crippen LogP contribution in [0.5, 0.6) is 0 Å². The predicted octanol–water partition coefficient (Wildman–Crippen LogP) is 3.50. The second-order valence-corrected chi connectivity index (χ2v) is 6.08. The molecular formula is C15H20ClN3S. The van der Waals surface area contributed by atoms with Gasteiger partial charge >= 0.3 is 0 Å². The van der Waals surface area contributed by atoms with Crippen molar-refractivity contribution in [3.8, 4) is 10.6 Å². The van der Waals surface area contributed by atoms with Crippen LogP contribution in [0.3, 0.4) is 0 Å². The van der Waals surface area contributed by atoms with Crippen LogP contribution in [0.4, 0.5) is 0 Å². The summed E-state index contributed by atoms with van der Waals surface area (Å²) in [6.45, 7) is 3.00. The second-order valence-electron chi connectivity index (χ2n) is 4.82. The van der Waals surface area contributed by atoms with Crippen LogP contribution in [0, 0.1) is 0 Å². The first kappa shape index (κ1) is 15.4. The Morgan fingerprint density at radius 1 is 1.35 bits per heavy atom. The molecule has 0 aliphatic rings. The molecule has 0 spiro atoms. The Morgan fingerprint density at radius 2 is 2.15 bits per heavy atom. The van der Waals surface area contributed by atoms with Crippen molar-refractivity contribution in [1.29, 1.82) is 0 Å². The average molecular weight is 310 g/mol. The molecule has 5 heteroatoms. The number of nitrogens with zero attached hydrogens (tertiary/aromatic N) is 2. The highest BCUT2D eigenvalue weighted by Gasteiger charge is 2.09. The summed E-state index contributed by atoms with van der Waals surface area (Å²) in [4.78, 5) is 6.98. The normalized spacial score (nSPS) is 11.2. The number of thiazole rings is 1. The summed E-state index contributed by atoms with van der Waals surface area (Å²) in [6, 6.07) is 7.85. The maximum atomic E-state index is 6.21. The summed E-state index contributed by atoms with van der Waals surface area (Å²) < 4.78 is 0. The van der Waals surface area contributed by atoms with E-state index in [1.807, 2.05) is 31.3 Å². The van der Waals surface area contributed by atoms with Gasteiger partial charge in [-0.25, -0.2) is 4.98 Å². The van der Waals surface area contributed by atoms with Crippen molar-refractivity contribution in [2.24, 2.45) is 0 Å². The lowest BCUT2D eigenvalue weighted by Crippen LogP contribution is -2.22. The fourth-order valence-corrected chi connectivity index (χ4v) is 3.15. The van der Waals surface area contributed by atoms with Gasteiger partial charge < -0.3 is 10.2 Å². The molecule has 1 N–H and O–H groups in total. The average Bonchev–Trinajstić information content (AvgIpc) is 2.88. The van der Waals surface area contributed by atoms with Crippen molar-refractivity contribution in [2.45, 2.75) is 13.0 Å². The van der Waals surface area contributed by atoms with Crippen LogP contribution < -0.4 is 5.32 Å². The van der Waals surface area contributed by atoms with E-state index in [0.29, 0.717) is 0 Å². The zero-order chi connectivity index (χ0) is 14.4. The molecule has 0 unspecified atom stereocenters. The zero-order valence-electron chi connectivity index (χ0n) is 11.9. The lowest BCUT2D eigenvalue weighted by Gasteiger charge is -2.14. The van der Waals surface area contributed by atoms with Crippen molar-refractivity contribution in [3.05, 3.63) is 40.4 Å². The topological polar surface area (TPSA) is 28.2 Å². The first-order valence-electron chi connectivity index (χ1n) is 6.73. The van der Waals surface area contributed by atoms with Gasteiger partial charge in [0.1, 0.15) is 5.01 Å². The molecule has 0 aliphatic carbocycles. The van der Waals surface area contributed by atoms with Crippen LogP contribution in [-0.2, 0) is 6.54 Å². The van der Waals surface area contributed by atoms with Crippen LogP contribution in [0.1, 0.15) is 12.1 Å². The minimum absolute atomic E-state index is 0.760. The maximum absolute atomic E-state index is 6.21. The van der Waals surface area contributed by atoms with Crippen molar-refractivity contribution >= 4 is 22.9 Å². The van der Waals surface area contributed by atoms with Crippen LogP contribution >= 0.6 is 22.9 Å². The number of rotatable bonds is 7. The Hall–Kier alpha value is -0.940. The molecule has 1 heterocycles. The monoisotopic (exact) mass is 309 g/mol. The molecule has 1 aromatic carbocycles. The molecule has 0 atom stereocenters. The number of benzene rings is 1. The third kappa shape index (κ3) is 4.28. The lowest BCUT2D eigenvalue weighted by atomic mass is 10.2. The Kier molecular flexibility index (Phi) is 5.98. The predicted molar refractivity (Wildman–Crippen MR) is 87.4 cm³/mol. The van der Waals surface area contributed by atoms with Gasteiger partial charge in [-0.1, -0.05) is 29.8 Å². The molecule has 0 radical (unpaired) electrons. The molecule has 2 rings (SSSR count). The van der Waals surface area contributed by atoms with Gasteiger partial charge in [0.2, 0.25) is 0 Å². The van der Waals surface area contributed by atoms with Crippen LogP contribution in [0.25, 0.3) is 10.6 Å². The Bertz CT molecular complexity index is 541. The molecule has 0 bridgehead atoms. The summed E-state index contributed by atoms with van der Waals surface area (Å²) in [5.74, 6) is 0. The van der Waals surface area contributed by atoms with Gasteiger partial charge in [-0.05, 0) is 39.7 Å². The SMILES string of the molecule is CNCCCN(C)Cc1csc(-c2ccccc2Cl)n1. The quantitative estimate of drug-likeness (QED) is 0.793. The summed E-state index contributed by atoms with van der Waals surface area (Å²) in [5.41, 5.74) is 2.13. The fourth-order valence-electron chi connectivity index (χ4n) is 2.02. The molecule has 108 valence electrons. The Labute approximate surface area is 129 Å². The second kappa shape index (κ2) is 7.74. The van der Waals surface area contributed by atoms with Crippen molar-refractivity contribution in [1.82, 2.24) is 15.2 Å². The fraction of sp³-hybridized carbons (Fsp3) is 0.400. The van der Waals surface area contributed by atoms with E-state index < -0.39 is 0 Å². The molecule has 1 aromatic heterocycles. The minimum atomic E-state index is 0.760. The minimum Gasteiger partial charge on any atom is -0.320 e. The van der Waals surface area contributed by atoms with Crippen molar-refractivity contribution in [3.63, 3.8) is 0 Å². The van der Waals surface area contributed by atoms with Crippen molar-refractivity contribution < 1.29 is 0 Å². The standard InChI is InChI=1S/C15H20ClN3S/c1-17-8-5-9-19(2)10-12-11-20-15(18-12)13-6-3-4-7-14(13)16/h3-4,6-7,11,17H,5,8-10H2,1-2H3. The van der Waals surface area contributed by atoms with Gasteiger partial charge in [-0.3, -0.25) is 0 Å². The van der Waals surface area contributed by atoms with E-state index in [-0.39, 0.29) is 0 Å². The molecule has 0 amide bonds. The van der Waals surface area contributed by atoms with E-state index >= 15 is 0 Å². The third-order valence-corrected chi connectivity index (χ3v) is 4.31. The summed E-state index contributed by atoms with van der Waals surface area (Å²) >= 11 is 7.86. The van der Waals surface area contributed by atoms with Gasteiger partial charge in [0.05, 0.1) is 10.7 Å². The zero-order valence-corrected chi connectivity index (χ0v) is 13.5. The molecule has 2 aromatic rings. The third-order valence-electron chi connectivity index (χ3n) is 3.05. The number of nitrogens with one attached hydrogen (secondary N) is 1. The number of aromatic nitrogens is 1. The van der Waals surface area contributed by atoms with Crippen LogP contribution in [-0.4, -0.2) is 37.1 Å². The molecule has 0 fully saturated rings. The van der Waals surface area contributed by atoms with Gasteiger partial charge in [0.25, 0.3) is 0 Å². The molecule has 20 heavy (non-hydrogen) atoms. The van der Waals surface area contributed by atoms with Gasteiger partial charge in [-0.2, -0.15) is 0 Å². The van der Waals surface area contributed by atoms with Crippen LogP contribution in [0.2, 0.25) is 5.02 Å². The van der Waals surface area contributed by atoms with E-state index in [0.717, 1.165) is 47.3 Å². The Balaban J connectivity index is 1.97. The number of hydrogen-bond acceptors (Lipinski definition) is 4.